The molecule has 0 aliphatic heterocycles. The zero-order chi connectivity index (χ0) is 21.3. The number of aryl methyl sites for hydroxylation is 1. The number of benzene rings is 3. The molecule has 3 aromatic carbocycles. The summed E-state index contributed by atoms with van der Waals surface area (Å²) in [6, 6.07) is 18.7. The second-order valence-corrected chi connectivity index (χ2v) is 9.61. The summed E-state index contributed by atoms with van der Waals surface area (Å²) in [5.41, 5.74) is 1.39. The van der Waals surface area contributed by atoms with Crippen molar-refractivity contribution >= 4 is 49.4 Å². The minimum atomic E-state index is -3.84. The molecule has 0 radical (unpaired) electrons. The van der Waals surface area contributed by atoms with Crippen molar-refractivity contribution in [3.05, 3.63) is 83.2 Å². The lowest BCUT2D eigenvalue weighted by Gasteiger charge is -2.14. The molecule has 0 fully saturated rings. The van der Waals surface area contributed by atoms with Crippen LogP contribution in [0.2, 0.25) is 0 Å². The van der Waals surface area contributed by atoms with Crippen LogP contribution in [0.15, 0.2) is 76.3 Å². The van der Waals surface area contributed by atoms with Gasteiger partial charge in [0.05, 0.1) is 16.9 Å². The summed E-state index contributed by atoms with van der Waals surface area (Å²) in [6.07, 6.45) is 0. The van der Waals surface area contributed by atoms with Crippen LogP contribution in [0.4, 0.5) is 11.4 Å². The Morgan fingerprint density at radius 2 is 1.67 bits per heavy atom. The monoisotopic (exact) mass is 438 g/mol. The fraction of sp³-hybridized carbons (Fsp3) is 0.0455. The molecule has 6 nitrogen and oxygen atoms in total. The van der Waals surface area contributed by atoms with Crippen molar-refractivity contribution in [3.63, 3.8) is 0 Å². The molecule has 0 unspecified atom stereocenters. The minimum absolute atomic E-state index is 0.0649. The molecule has 0 aliphatic carbocycles. The first kappa shape index (κ1) is 19.9. The van der Waals surface area contributed by atoms with E-state index in [9.17, 15) is 18.3 Å². The maximum absolute atomic E-state index is 13.0. The molecule has 152 valence electrons. The van der Waals surface area contributed by atoms with Crippen LogP contribution in [0, 0.1) is 6.92 Å². The van der Waals surface area contributed by atoms with Crippen LogP contribution in [-0.2, 0) is 10.0 Å². The predicted octanol–water partition coefficient (Wildman–Crippen LogP) is 4.97. The number of phenolic OH excluding ortho intramolecular Hbond substituents is 1. The summed E-state index contributed by atoms with van der Waals surface area (Å²) in [5, 5.41) is 16.0. The van der Waals surface area contributed by atoms with E-state index >= 15 is 0 Å². The number of aromatic hydroxyl groups is 1. The molecule has 0 saturated carbocycles. The van der Waals surface area contributed by atoms with Gasteiger partial charge in [-0.05, 0) is 59.0 Å². The highest BCUT2D eigenvalue weighted by atomic mass is 32.2. The van der Waals surface area contributed by atoms with Crippen molar-refractivity contribution in [3.8, 4) is 5.75 Å². The van der Waals surface area contributed by atoms with Crippen LogP contribution in [0.5, 0.6) is 5.75 Å². The number of hydrogen-bond acceptors (Lipinski definition) is 5. The van der Waals surface area contributed by atoms with E-state index in [1.54, 1.807) is 35.7 Å². The van der Waals surface area contributed by atoms with E-state index in [1.165, 1.54) is 12.1 Å². The summed E-state index contributed by atoms with van der Waals surface area (Å²) in [6.45, 7) is 1.83. The van der Waals surface area contributed by atoms with Crippen molar-refractivity contribution in [1.29, 1.82) is 0 Å². The molecule has 0 atom stereocenters. The average Bonchev–Trinajstić information content (AvgIpc) is 3.25. The van der Waals surface area contributed by atoms with E-state index in [-0.39, 0.29) is 26.9 Å². The topological polar surface area (TPSA) is 95.5 Å². The van der Waals surface area contributed by atoms with E-state index in [1.807, 2.05) is 31.2 Å². The van der Waals surface area contributed by atoms with Crippen LogP contribution in [-0.4, -0.2) is 19.4 Å². The van der Waals surface area contributed by atoms with Gasteiger partial charge in [0.2, 0.25) is 0 Å². The summed E-state index contributed by atoms with van der Waals surface area (Å²) in [7, 11) is -3.84. The van der Waals surface area contributed by atoms with Gasteiger partial charge in [-0.3, -0.25) is 9.52 Å². The predicted molar refractivity (Wildman–Crippen MR) is 120 cm³/mol. The number of fused-ring (bicyclic) bond motifs is 1. The lowest BCUT2D eigenvalue weighted by molar-refractivity contribution is 0.102. The number of amides is 1. The molecule has 4 aromatic rings. The molecule has 0 aliphatic rings. The summed E-state index contributed by atoms with van der Waals surface area (Å²) >= 11 is 1.09. The van der Waals surface area contributed by atoms with Crippen molar-refractivity contribution in [1.82, 2.24) is 0 Å². The average molecular weight is 439 g/mol. The standard InChI is InChI=1S/C22H18N2O4S2/c1-14-8-9-18(20(25)11-14)23-22(26)17-12-15-5-2-3-6-16(15)13-19(17)24-30(27,28)21-7-4-10-29-21/h2-13,24-25H,1H3,(H,23,26). The SMILES string of the molecule is Cc1ccc(NC(=O)c2cc3ccccc3cc2NS(=O)(=O)c2cccs2)c(O)c1. The maximum Gasteiger partial charge on any atom is 0.271 e. The third kappa shape index (κ3) is 4.00. The van der Waals surface area contributed by atoms with Crippen molar-refractivity contribution in [2.24, 2.45) is 0 Å². The highest BCUT2D eigenvalue weighted by Crippen LogP contribution is 2.30. The van der Waals surface area contributed by atoms with Crippen LogP contribution in [0.3, 0.4) is 0 Å². The maximum atomic E-state index is 13.0. The summed E-state index contributed by atoms with van der Waals surface area (Å²) in [4.78, 5) is 13.0. The Morgan fingerprint density at radius 3 is 2.33 bits per heavy atom. The molecule has 0 spiro atoms. The number of hydrogen-bond donors (Lipinski definition) is 3. The van der Waals surface area contributed by atoms with E-state index in [2.05, 4.69) is 10.0 Å². The Bertz CT molecular complexity index is 1350. The lowest BCUT2D eigenvalue weighted by Crippen LogP contribution is -2.18. The molecule has 8 heteroatoms. The van der Waals surface area contributed by atoms with Gasteiger partial charge in [-0.2, -0.15) is 0 Å². The molecule has 1 amide bonds. The quantitative estimate of drug-likeness (QED) is 0.384. The van der Waals surface area contributed by atoms with E-state index < -0.39 is 15.9 Å². The third-order valence-corrected chi connectivity index (χ3v) is 7.30. The van der Waals surface area contributed by atoms with Gasteiger partial charge in [0, 0.05) is 0 Å². The molecule has 3 N–H and O–H groups in total. The molecule has 30 heavy (non-hydrogen) atoms. The molecule has 0 saturated heterocycles. The van der Waals surface area contributed by atoms with Crippen molar-refractivity contribution in [2.75, 3.05) is 10.0 Å². The minimum Gasteiger partial charge on any atom is -0.506 e. The highest BCUT2D eigenvalue weighted by Gasteiger charge is 2.21. The number of sulfonamides is 1. The van der Waals surface area contributed by atoms with Gasteiger partial charge in [-0.15, -0.1) is 11.3 Å². The van der Waals surface area contributed by atoms with Crippen LogP contribution < -0.4 is 10.0 Å². The zero-order valence-electron chi connectivity index (χ0n) is 15.9. The number of nitrogens with one attached hydrogen (secondary N) is 2. The first-order valence-corrected chi connectivity index (χ1v) is 11.4. The van der Waals surface area contributed by atoms with Crippen molar-refractivity contribution in [2.45, 2.75) is 11.1 Å². The normalized spacial score (nSPS) is 11.4. The smallest absolute Gasteiger partial charge is 0.271 e. The zero-order valence-corrected chi connectivity index (χ0v) is 17.5. The number of rotatable bonds is 5. The number of carbonyl (C=O) groups excluding carboxylic acids is 1. The lowest BCUT2D eigenvalue weighted by atomic mass is 10.0. The number of anilines is 2. The van der Waals surface area contributed by atoms with Gasteiger partial charge in [0.15, 0.2) is 0 Å². The fourth-order valence-corrected chi connectivity index (χ4v) is 5.12. The van der Waals surface area contributed by atoms with Crippen LogP contribution in [0.1, 0.15) is 15.9 Å². The molecule has 0 bridgehead atoms. The first-order chi connectivity index (χ1) is 14.3. The Hall–Kier alpha value is -3.36. The Morgan fingerprint density at radius 1 is 0.933 bits per heavy atom. The molecule has 4 rings (SSSR count). The largest absolute Gasteiger partial charge is 0.506 e. The van der Waals surface area contributed by atoms with Gasteiger partial charge in [-0.25, -0.2) is 8.42 Å². The van der Waals surface area contributed by atoms with Crippen LogP contribution in [0.25, 0.3) is 10.8 Å². The fourth-order valence-electron chi connectivity index (χ4n) is 3.06. The first-order valence-electron chi connectivity index (χ1n) is 9.03. The molecule has 1 aromatic heterocycles. The van der Waals surface area contributed by atoms with Gasteiger partial charge < -0.3 is 10.4 Å². The van der Waals surface area contributed by atoms with E-state index in [4.69, 9.17) is 0 Å². The number of thiophene rings is 1. The molecule has 1 heterocycles. The van der Waals surface area contributed by atoms with Gasteiger partial charge in [0.1, 0.15) is 9.96 Å². The van der Waals surface area contributed by atoms with Gasteiger partial charge in [0.25, 0.3) is 15.9 Å². The van der Waals surface area contributed by atoms with Gasteiger partial charge in [-0.1, -0.05) is 36.4 Å². The van der Waals surface area contributed by atoms with Gasteiger partial charge >= 0.3 is 0 Å². The Balaban J connectivity index is 1.77. The van der Waals surface area contributed by atoms with Crippen molar-refractivity contribution < 1.29 is 18.3 Å². The third-order valence-electron chi connectivity index (χ3n) is 4.54. The second-order valence-electron chi connectivity index (χ2n) is 6.76. The number of phenols is 1. The summed E-state index contributed by atoms with van der Waals surface area (Å²) < 4.78 is 28.2. The van der Waals surface area contributed by atoms with E-state index in [0.29, 0.717) is 0 Å². The summed E-state index contributed by atoms with van der Waals surface area (Å²) in [5.74, 6) is -0.603. The van der Waals surface area contributed by atoms with E-state index in [0.717, 1.165) is 27.7 Å². The number of carbonyl (C=O) groups is 1. The molecular formula is C22H18N2O4S2. The molecular weight excluding hydrogens is 420 g/mol. The Labute approximate surface area is 177 Å². The van der Waals surface area contributed by atoms with Crippen LogP contribution >= 0.6 is 11.3 Å². The second kappa shape index (κ2) is 7.81. The highest BCUT2D eigenvalue weighted by molar-refractivity contribution is 7.94. The Kier molecular flexibility index (Phi) is 5.19.